The second-order valence-electron chi connectivity index (χ2n) is 7.49. The molecule has 2 amide bonds. The van der Waals surface area contributed by atoms with E-state index in [0.717, 1.165) is 23.4 Å². The van der Waals surface area contributed by atoms with Crippen LogP contribution in [0.2, 0.25) is 5.02 Å². The van der Waals surface area contributed by atoms with Crippen molar-refractivity contribution >= 4 is 44.8 Å². The molecule has 7 nitrogen and oxygen atoms in total. The van der Waals surface area contributed by atoms with Crippen LogP contribution < -0.4 is 9.62 Å². The minimum Gasteiger partial charge on any atom is -0.339 e. The van der Waals surface area contributed by atoms with Gasteiger partial charge in [0.2, 0.25) is 15.9 Å². The zero-order valence-corrected chi connectivity index (χ0v) is 19.1. The number of likely N-dealkylation sites (tertiary alicyclic amines) is 1. The highest BCUT2D eigenvalue weighted by molar-refractivity contribution is 7.92. The van der Waals surface area contributed by atoms with Gasteiger partial charge in [0.25, 0.3) is 5.91 Å². The quantitative estimate of drug-likeness (QED) is 0.677. The number of benzene rings is 2. The molecule has 1 aliphatic heterocycles. The number of amides is 2. The minimum atomic E-state index is -3.76. The van der Waals surface area contributed by atoms with Crippen LogP contribution in [0.3, 0.4) is 0 Å². The molecule has 1 atom stereocenters. The summed E-state index contributed by atoms with van der Waals surface area (Å²) < 4.78 is 26.2. The van der Waals surface area contributed by atoms with Crippen LogP contribution in [0.4, 0.5) is 11.4 Å². The number of carbonyl (C=O) groups excluding carboxylic acids is 2. The molecule has 1 aliphatic rings. The van der Waals surface area contributed by atoms with Crippen LogP contribution in [0.1, 0.15) is 36.5 Å². The maximum Gasteiger partial charge on any atom is 0.255 e. The first-order valence-corrected chi connectivity index (χ1v) is 12.4. The SMILES string of the molecule is CC[C@@H](C(=O)Nc1ccccc1C(=O)N1CCCC1)N(c1ccc(Cl)cc1)S(C)(=O)=O. The predicted octanol–water partition coefficient (Wildman–Crippen LogP) is 3.76. The first kappa shape index (κ1) is 23.1. The fourth-order valence-electron chi connectivity index (χ4n) is 3.73. The van der Waals surface area contributed by atoms with E-state index in [9.17, 15) is 18.0 Å². The molecule has 9 heteroatoms. The van der Waals surface area contributed by atoms with Gasteiger partial charge in [-0.05, 0) is 55.7 Å². The molecule has 31 heavy (non-hydrogen) atoms. The molecule has 2 aromatic rings. The van der Waals surface area contributed by atoms with Gasteiger partial charge in [-0.2, -0.15) is 0 Å². The second kappa shape index (κ2) is 9.70. The highest BCUT2D eigenvalue weighted by Crippen LogP contribution is 2.26. The van der Waals surface area contributed by atoms with E-state index in [-0.39, 0.29) is 12.3 Å². The summed E-state index contributed by atoms with van der Waals surface area (Å²) in [6.45, 7) is 3.12. The number of sulfonamides is 1. The molecule has 3 rings (SSSR count). The zero-order chi connectivity index (χ0) is 22.6. The third kappa shape index (κ3) is 5.37. The van der Waals surface area contributed by atoms with Crippen molar-refractivity contribution < 1.29 is 18.0 Å². The van der Waals surface area contributed by atoms with Crippen molar-refractivity contribution in [2.45, 2.75) is 32.2 Å². The van der Waals surface area contributed by atoms with E-state index in [1.165, 1.54) is 0 Å². The maximum absolute atomic E-state index is 13.2. The van der Waals surface area contributed by atoms with Gasteiger partial charge in [-0.3, -0.25) is 13.9 Å². The van der Waals surface area contributed by atoms with Crippen molar-refractivity contribution in [2.75, 3.05) is 29.0 Å². The number of hydrogen-bond donors (Lipinski definition) is 1. The molecule has 0 unspecified atom stereocenters. The predicted molar refractivity (Wildman–Crippen MR) is 123 cm³/mol. The molecule has 2 aromatic carbocycles. The molecule has 1 N–H and O–H groups in total. The Hall–Kier alpha value is -2.58. The van der Waals surface area contributed by atoms with E-state index in [2.05, 4.69) is 5.32 Å². The van der Waals surface area contributed by atoms with E-state index in [4.69, 9.17) is 11.6 Å². The fraction of sp³-hybridized carbons (Fsp3) is 0.364. The van der Waals surface area contributed by atoms with E-state index in [1.54, 1.807) is 60.4 Å². The van der Waals surface area contributed by atoms with E-state index in [1.807, 2.05) is 0 Å². The number of anilines is 2. The van der Waals surface area contributed by atoms with Gasteiger partial charge in [0, 0.05) is 18.1 Å². The van der Waals surface area contributed by atoms with Crippen LogP contribution in [0, 0.1) is 0 Å². The molecule has 1 saturated heterocycles. The van der Waals surface area contributed by atoms with Crippen LogP contribution in [-0.2, 0) is 14.8 Å². The summed E-state index contributed by atoms with van der Waals surface area (Å²) in [5.74, 6) is -0.649. The number of nitrogens with zero attached hydrogens (tertiary/aromatic N) is 2. The lowest BCUT2D eigenvalue weighted by Crippen LogP contribution is -2.47. The summed E-state index contributed by atoms with van der Waals surface area (Å²) in [6.07, 6.45) is 3.22. The van der Waals surface area contributed by atoms with Crippen molar-refractivity contribution in [3.8, 4) is 0 Å². The summed E-state index contributed by atoms with van der Waals surface area (Å²) in [5.41, 5.74) is 1.10. The highest BCUT2D eigenvalue weighted by Gasteiger charge is 2.32. The normalized spacial score (nSPS) is 14.9. The Balaban J connectivity index is 1.90. The zero-order valence-electron chi connectivity index (χ0n) is 17.5. The largest absolute Gasteiger partial charge is 0.339 e. The van der Waals surface area contributed by atoms with E-state index >= 15 is 0 Å². The van der Waals surface area contributed by atoms with Crippen molar-refractivity contribution in [2.24, 2.45) is 0 Å². The Labute approximate surface area is 188 Å². The van der Waals surface area contributed by atoms with Crippen molar-refractivity contribution in [3.63, 3.8) is 0 Å². The average Bonchev–Trinajstić information content (AvgIpc) is 3.26. The molecule has 0 saturated carbocycles. The Kier molecular flexibility index (Phi) is 7.23. The summed E-state index contributed by atoms with van der Waals surface area (Å²) >= 11 is 5.93. The van der Waals surface area contributed by atoms with Gasteiger partial charge in [0.15, 0.2) is 0 Å². The van der Waals surface area contributed by atoms with Gasteiger partial charge in [-0.25, -0.2) is 8.42 Å². The Bertz CT molecular complexity index is 1050. The average molecular weight is 464 g/mol. The number of carbonyl (C=O) groups is 2. The second-order valence-corrected chi connectivity index (χ2v) is 9.79. The Morgan fingerprint density at radius 2 is 1.71 bits per heavy atom. The molecule has 0 radical (unpaired) electrons. The molecule has 1 fully saturated rings. The molecule has 0 bridgehead atoms. The van der Waals surface area contributed by atoms with Crippen molar-refractivity contribution in [1.29, 1.82) is 0 Å². The molecule has 166 valence electrons. The smallest absolute Gasteiger partial charge is 0.255 e. The van der Waals surface area contributed by atoms with Gasteiger partial charge >= 0.3 is 0 Å². The molecule has 0 spiro atoms. The molecular formula is C22H26ClN3O4S. The summed E-state index contributed by atoms with van der Waals surface area (Å²) in [6, 6.07) is 12.1. The lowest BCUT2D eigenvalue weighted by Gasteiger charge is -2.30. The first-order chi connectivity index (χ1) is 14.7. The van der Waals surface area contributed by atoms with Gasteiger partial charge in [-0.1, -0.05) is 30.7 Å². The van der Waals surface area contributed by atoms with Crippen LogP contribution in [-0.4, -0.2) is 50.5 Å². The van der Waals surface area contributed by atoms with E-state index < -0.39 is 22.0 Å². The first-order valence-electron chi connectivity index (χ1n) is 10.2. The van der Waals surface area contributed by atoms with Gasteiger partial charge in [0.05, 0.1) is 23.2 Å². The van der Waals surface area contributed by atoms with Crippen LogP contribution in [0.25, 0.3) is 0 Å². The lowest BCUT2D eigenvalue weighted by molar-refractivity contribution is -0.117. The third-order valence-corrected chi connectivity index (χ3v) is 6.65. The Morgan fingerprint density at radius 3 is 2.29 bits per heavy atom. The number of rotatable bonds is 7. The molecule has 0 aromatic heterocycles. The van der Waals surface area contributed by atoms with Gasteiger partial charge in [0.1, 0.15) is 6.04 Å². The summed E-state index contributed by atoms with van der Waals surface area (Å²) in [5, 5.41) is 3.24. The number of para-hydroxylation sites is 1. The Morgan fingerprint density at radius 1 is 1.10 bits per heavy atom. The van der Waals surface area contributed by atoms with Crippen LogP contribution >= 0.6 is 11.6 Å². The van der Waals surface area contributed by atoms with Crippen molar-refractivity contribution in [3.05, 3.63) is 59.1 Å². The van der Waals surface area contributed by atoms with Crippen molar-refractivity contribution in [1.82, 2.24) is 4.90 Å². The van der Waals surface area contributed by atoms with E-state index in [0.29, 0.717) is 35.1 Å². The topological polar surface area (TPSA) is 86.8 Å². The molecule has 1 heterocycles. The number of hydrogen-bond acceptors (Lipinski definition) is 4. The summed E-state index contributed by atoms with van der Waals surface area (Å²) in [7, 11) is -3.76. The molecular weight excluding hydrogens is 438 g/mol. The van der Waals surface area contributed by atoms with Crippen LogP contribution in [0.15, 0.2) is 48.5 Å². The maximum atomic E-state index is 13.2. The number of nitrogens with one attached hydrogen (secondary N) is 1. The van der Waals surface area contributed by atoms with Crippen LogP contribution in [0.5, 0.6) is 0 Å². The number of halogens is 1. The fourth-order valence-corrected chi connectivity index (χ4v) is 5.07. The highest BCUT2D eigenvalue weighted by atomic mass is 35.5. The summed E-state index contributed by atoms with van der Waals surface area (Å²) in [4.78, 5) is 27.9. The molecule has 0 aliphatic carbocycles. The van der Waals surface area contributed by atoms with Gasteiger partial charge in [-0.15, -0.1) is 0 Å². The standard InChI is InChI=1S/C22H26ClN3O4S/c1-3-20(26(31(2,29)30)17-12-10-16(23)11-13-17)21(27)24-19-9-5-4-8-18(19)22(28)25-14-6-7-15-25/h4-5,8-13,20H,3,6-7,14-15H2,1-2H3,(H,24,27)/t20-/m0/s1. The third-order valence-electron chi connectivity index (χ3n) is 5.22. The monoisotopic (exact) mass is 463 g/mol. The van der Waals surface area contributed by atoms with Gasteiger partial charge < -0.3 is 10.2 Å². The lowest BCUT2D eigenvalue weighted by atomic mass is 10.1. The minimum absolute atomic E-state index is 0.140.